The van der Waals surface area contributed by atoms with Gasteiger partial charge in [-0.2, -0.15) is 0 Å². The highest BCUT2D eigenvalue weighted by molar-refractivity contribution is 9.10. The van der Waals surface area contributed by atoms with Crippen LogP contribution in [0.3, 0.4) is 0 Å². The highest BCUT2D eigenvalue weighted by atomic mass is 79.9. The number of amides is 2. The Hall–Kier alpha value is -1.40. The van der Waals surface area contributed by atoms with Crippen molar-refractivity contribution in [1.29, 1.82) is 0 Å². The molecule has 24 heavy (non-hydrogen) atoms. The van der Waals surface area contributed by atoms with Gasteiger partial charge in [-0.05, 0) is 47.3 Å². The van der Waals surface area contributed by atoms with E-state index in [4.69, 9.17) is 0 Å². The lowest BCUT2D eigenvalue weighted by molar-refractivity contribution is -0.126. The predicted octanol–water partition coefficient (Wildman–Crippen LogP) is 2.15. The fraction of sp³-hybridized carbons (Fsp3) is 0.556. The van der Waals surface area contributed by atoms with Crippen molar-refractivity contribution < 1.29 is 9.59 Å². The van der Waals surface area contributed by atoms with Crippen molar-refractivity contribution in [2.75, 3.05) is 24.5 Å². The average Bonchev–Trinajstić information content (AvgIpc) is 3.19. The zero-order valence-corrected chi connectivity index (χ0v) is 15.2. The third-order valence-corrected chi connectivity index (χ3v) is 5.94. The van der Waals surface area contributed by atoms with Crippen LogP contribution in [-0.2, 0) is 9.59 Å². The van der Waals surface area contributed by atoms with Gasteiger partial charge in [-0.15, -0.1) is 0 Å². The van der Waals surface area contributed by atoms with Crippen molar-refractivity contribution in [2.45, 2.75) is 37.8 Å². The summed E-state index contributed by atoms with van der Waals surface area (Å²) in [5, 5.41) is 3.17. The molecule has 2 unspecified atom stereocenters. The fourth-order valence-corrected chi connectivity index (χ4v) is 4.28. The molecule has 4 rings (SSSR count). The van der Waals surface area contributed by atoms with Crippen molar-refractivity contribution in [3.63, 3.8) is 0 Å². The van der Waals surface area contributed by atoms with Crippen LogP contribution in [-0.4, -0.2) is 48.4 Å². The van der Waals surface area contributed by atoms with Crippen LogP contribution in [0.25, 0.3) is 0 Å². The van der Waals surface area contributed by atoms with Gasteiger partial charge in [0.15, 0.2) is 0 Å². The molecule has 2 atom stereocenters. The predicted molar refractivity (Wildman–Crippen MR) is 95.7 cm³/mol. The second-order valence-electron chi connectivity index (χ2n) is 7.08. The van der Waals surface area contributed by atoms with Crippen LogP contribution >= 0.6 is 15.9 Å². The average molecular weight is 392 g/mol. The third kappa shape index (κ3) is 3.22. The molecule has 1 aliphatic carbocycles. The van der Waals surface area contributed by atoms with Crippen molar-refractivity contribution in [3.8, 4) is 0 Å². The number of halogens is 1. The summed E-state index contributed by atoms with van der Waals surface area (Å²) in [5.74, 6) is -0.201. The minimum Gasteiger partial charge on any atom is -0.352 e. The number of hydrogen-bond acceptors (Lipinski definition) is 3. The number of para-hydroxylation sites is 1. The number of nitrogens with one attached hydrogen (secondary N) is 1. The maximum atomic E-state index is 12.6. The van der Waals surface area contributed by atoms with Crippen LogP contribution in [0.1, 0.15) is 25.7 Å². The maximum Gasteiger partial charge on any atom is 0.227 e. The van der Waals surface area contributed by atoms with Crippen LogP contribution in [0, 0.1) is 5.92 Å². The highest BCUT2D eigenvalue weighted by Gasteiger charge is 2.38. The van der Waals surface area contributed by atoms with Gasteiger partial charge in [0.2, 0.25) is 11.8 Å². The molecule has 0 aromatic heterocycles. The number of likely N-dealkylation sites (tertiary alicyclic amines) is 1. The van der Waals surface area contributed by atoms with E-state index in [1.807, 2.05) is 24.3 Å². The number of rotatable bonds is 4. The SMILES string of the molecule is O=C(NC1CCN(C2CC2)C1)C1CC(=O)N(c2ccccc2Br)C1. The Bertz CT molecular complexity index is 661. The molecule has 2 aliphatic heterocycles. The van der Waals surface area contributed by atoms with E-state index in [0.717, 1.165) is 35.7 Å². The van der Waals surface area contributed by atoms with Gasteiger partial charge in [0.05, 0.1) is 11.6 Å². The van der Waals surface area contributed by atoms with E-state index in [-0.39, 0.29) is 23.8 Å². The van der Waals surface area contributed by atoms with E-state index < -0.39 is 0 Å². The topological polar surface area (TPSA) is 52.7 Å². The molecule has 0 bridgehead atoms. The summed E-state index contributed by atoms with van der Waals surface area (Å²) in [6.07, 6.45) is 3.93. The summed E-state index contributed by atoms with van der Waals surface area (Å²) in [6, 6.07) is 8.65. The van der Waals surface area contributed by atoms with Gasteiger partial charge in [0.25, 0.3) is 0 Å². The molecule has 1 aromatic carbocycles. The summed E-state index contributed by atoms with van der Waals surface area (Å²) in [6.45, 7) is 2.51. The summed E-state index contributed by atoms with van der Waals surface area (Å²) < 4.78 is 0.885. The van der Waals surface area contributed by atoms with Crippen LogP contribution < -0.4 is 10.2 Å². The molecule has 2 heterocycles. The first-order chi connectivity index (χ1) is 11.6. The first-order valence-corrected chi connectivity index (χ1v) is 9.50. The summed E-state index contributed by atoms with van der Waals surface area (Å²) in [7, 11) is 0. The quantitative estimate of drug-likeness (QED) is 0.855. The standard InChI is InChI=1S/C18H22BrN3O2/c19-15-3-1-2-4-16(15)22-10-12(9-17(22)23)18(24)20-13-7-8-21(11-13)14-5-6-14/h1-4,12-14H,5-11H2,(H,20,24). The zero-order valence-electron chi connectivity index (χ0n) is 13.6. The first kappa shape index (κ1) is 16.1. The Labute approximate surface area is 150 Å². The number of carbonyl (C=O) groups excluding carboxylic acids is 2. The Morgan fingerprint density at radius 1 is 1.17 bits per heavy atom. The molecule has 6 heteroatoms. The molecule has 2 saturated heterocycles. The fourth-order valence-electron chi connectivity index (χ4n) is 3.78. The van der Waals surface area contributed by atoms with Gasteiger partial charge in [0.1, 0.15) is 0 Å². The number of benzene rings is 1. The lowest BCUT2D eigenvalue weighted by Crippen LogP contribution is -2.41. The van der Waals surface area contributed by atoms with E-state index in [1.165, 1.54) is 12.8 Å². The largest absolute Gasteiger partial charge is 0.352 e. The lowest BCUT2D eigenvalue weighted by Gasteiger charge is -2.19. The molecule has 1 saturated carbocycles. The number of anilines is 1. The lowest BCUT2D eigenvalue weighted by atomic mass is 10.1. The van der Waals surface area contributed by atoms with E-state index in [2.05, 4.69) is 26.1 Å². The van der Waals surface area contributed by atoms with Crippen LogP contribution in [0.5, 0.6) is 0 Å². The number of nitrogens with zero attached hydrogens (tertiary/aromatic N) is 2. The summed E-state index contributed by atoms with van der Waals surface area (Å²) >= 11 is 3.49. The molecule has 1 aromatic rings. The minimum absolute atomic E-state index is 0.0214. The molecule has 128 valence electrons. The van der Waals surface area contributed by atoms with E-state index in [0.29, 0.717) is 13.0 Å². The summed E-state index contributed by atoms with van der Waals surface area (Å²) in [5.41, 5.74) is 0.846. The normalized spacial score (nSPS) is 27.7. The number of hydrogen-bond donors (Lipinski definition) is 1. The monoisotopic (exact) mass is 391 g/mol. The van der Waals surface area contributed by atoms with Gasteiger partial charge in [0, 0.05) is 42.6 Å². The van der Waals surface area contributed by atoms with Crippen LogP contribution in [0.15, 0.2) is 28.7 Å². The molecule has 5 nitrogen and oxygen atoms in total. The van der Waals surface area contributed by atoms with Crippen LogP contribution in [0.2, 0.25) is 0 Å². The van der Waals surface area contributed by atoms with Gasteiger partial charge < -0.3 is 10.2 Å². The highest BCUT2D eigenvalue weighted by Crippen LogP contribution is 2.32. The van der Waals surface area contributed by atoms with Crippen molar-refractivity contribution in [2.24, 2.45) is 5.92 Å². The number of carbonyl (C=O) groups is 2. The molecule has 0 radical (unpaired) electrons. The van der Waals surface area contributed by atoms with Gasteiger partial charge in [-0.3, -0.25) is 14.5 Å². The Morgan fingerprint density at radius 3 is 2.71 bits per heavy atom. The molecule has 0 spiro atoms. The third-order valence-electron chi connectivity index (χ3n) is 5.27. The molecule has 3 aliphatic rings. The van der Waals surface area contributed by atoms with Gasteiger partial charge in [-0.1, -0.05) is 12.1 Å². The Kier molecular flexibility index (Phi) is 4.35. The van der Waals surface area contributed by atoms with Crippen LogP contribution in [0.4, 0.5) is 5.69 Å². The molecule has 1 N–H and O–H groups in total. The smallest absolute Gasteiger partial charge is 0.227 e. The van der Waals surface area contributed by atoms with Crippen molar-refractivity contribution >= 4 is 33.4 Å². The maximum absolute atomic E-state index is 12.6. The minimum atomic E-state index is -0.250. The second-order valence-corrected chi connectivity index (χ2v) is 7.93. The molecule has 3 fully saturated rings. The molecular formula is C18H22BrN3O2. The molecule has 2 amide bonds. The first-order valence-electron chi connectivity index (χ1n) is 8.71. The second kappa shape index (κ2) is 6.48. The van der Waals surface area contributed by atoms with Crippen molar-refractivity contribution in [1.82, 2.24) is 10.2 Å². The van der Waals surface area contributed by atoms with E-state index >= 15 is 0 Å². The summed E-state index contributed by atoms with van der Waals surface area (Å²) in [4.78, 5) is 29.1. The van der Waals surface area contributed by atoms with E-state index in [1.54, 1.807) is 4.90 Å². The Morgan fingerprint density at radius 2 is 1.96 bits per heavy atom. The molecular weight excluding hydrogens is 370 g/mol. The van der Waals surface area contributed by atoms with Gasteiger partial charge in [-0.25, -0.2) is 0 Å². The Balaban J connectivity index is 1.36. The van der Waals surface area contributed by atoms with Crippen molar-refractivity contribution in [3.05, 3.63) is 28.7 Å². The van der Waals surface area contributed by atoms with E-state index in [9.17, 15) is 9.59 Å². The van der Waals surface area contributed by atoms with Gasteiger partial charge >= 0.3 is 0 Å². The zero-order chi connectivity index (χ0) is 16.7.